The Morgan fingerprint density at radius 2 is 2.19 bits per heavy atom. The molecule has 0 saturated heterocycles. The van der Waals surface area contributed by atoms with Gasteiger partial charge in [0, 0.05) is 49.9 Å². The molecule has 2 aromatic heterocycles. The van der Waals surface area contributed by atoms with E-state index in [2.05, 4.69) is 15.4 Å². The molecule has 8 heteroatoms. The molecular formula is C19H25FIN5O. The van der Waals surface area contributed by atoms with Gasteiger partial charge >= 0.3 is 0 Å². The predicted octanol–water partition coefficient (Wildman–Crippen LogP) is 3.83. The third-order valence-electron chi connectivity index (χ3n) is 4.24. The number of aliphatic imine (C=N–C) groups is 1. The average Bonchev–Trinajstić information content (AvgIpc) is 3.15. The number of halogens is 2. The molecule has 0 atom stereocenters. The lowest BCUT2D eigenvalue weighted by Gasteiger charge is -2.21. The van der Waals surface area contributed by atoms with Gasteiger partial charge in [0.25, 0.3) is 0 Å². The maximum Gasteiger partial charge on any atom is 0.194 e. The van der Waals surface area contributed by atoms with Gasteiger partial charge < -0.3 is 14.6 Å². The number of aromatic nitrogens is 2. The van der Waals surface area contributed by atoms with Crippen LogP contribution in [0.1, 0.15) is 23.8 Å². The van der Waals surface area contributed by atoms with E-state index in [1.165, 1.54) is 12.1 Å². The average molecular weight is 485 g/mol. The van der Waals surface area contributed by atoms with E-state index in [-0.39, 0.29) is 29.8 Å². The molecule has 0 aliphatic carbocycles. The van der Waals surface area contributed by atoms with Crippen molar-refractivity contribution in [2.24, 2.45) is 12.0 Å². The monoisotopic (exact) mass is 485 g/mol. The fourth-order valence-corrected chi connectivity index (χ4v) is 2.91. The highest BCUT2D eigenvalue weighted by Gasteiger charge is 2.13. The van der Waals surface area contributed by atoms with Crippen molar-refractivity contribution in [2.45, 2.75) is 26.9 Å². The number of aryl methyl sites for hydroxylation is 2. The molecule has 0 spiro atoms. The molecule has 0 aliphatic heterocycles. The van der Waals surface area contributed by atoms with Crippen LogP contribution < -0.4 is 5.32 Å². The van der Waals surface area contributed by atoms with Crippen LogP contribution >= 0.6 is 24.0 Å². The number of rotatable bonds is 5. The van der Waals surface area contributed by atoms with E-state index >= 15 is 0 Å². The molecule has 0 amide bonds. The van der Waals surface area contributed by atoms with Gasteiger partial charge in [-0.3, -0.25) is 4.68 Å². The van der Waals surface area contributed by atoms with E-state index in [9.17, 15) is 4.39 Å². The Hall–Kier alpha value is -2.10. The third kappa shape index (κ3) is 5.00. The van der Waals surface area contributed by atoms with Crippen molar-refractivity contribution in [2.75, 3.05) is 13.6 Å². The zero-order valence-electron chi connectivity index (χ0n) is 16.0. The summed E-state index contributed by atoms with van der Waals surface area (Å²) < 4.78 is 21.1. The molecule has 0 fully saturated rings. The van der Waals surface area contributed by atoms with Crippen molar-refractivity contribution in [3.63, 3.8) is 0 Å². The maximum absolute atomic E-state index is 13.5. The van der Waals surface area contributed by atoms with Gasteiger partial charge in [-0.1, -0.05) is 0 Å². The molecule has 6 nitrogen and oxygen atoms in total. The third-order valence-corrected chi connectivity index (χ3v) is 4.24. The van der Waals surface area contributed by atoms with Gasteiger partial charge in [0.15, 0.2) is 5.96 Å². The number of guanidine groups is 1. The van der Waals surface area contributed by atoms with Crippen LogP contribution in [0.2, 0.25) is 0 Å². The lowest BCUT2D eigenvalue weighted by molar-refractivity contribution is 0.472. The molecule has 1 N–H and O–H groups in total. The van der Waals surface area contributed by atoms with Gasteiger partial charge in [0.1, 0.15) is 23.7 Å². The van der Waals surface area contributed by atoms with E-state index in [1.54, 1.807) is 10.7 Å². The number of nitrogens with one attached hydrogen (secondary N) is 1. The summed E-state index contributed by atoms with van der Waals surface area (Å²) in [7, 11) is 3.88. The van der Waals surface area contributed by atoms with Crippen LogP contribution in [-0.2, 0) is 20.1 Å². The van der Waals surface area contributed by atoms with Crippen molar-refractivity contribution in [3.05, 3.63) is 53.3 Å². The minimum Gasteiger partial charge on any atom is -0.459 e. The molecule has 0 unspecified atom stereocenters. The zero-order chi connectivity index (χ0) is 18.7. The van der Waals surface area contributed by atoms with Crippen LogP contribution in [0.3, 0.4) is 0 Å². The minimum absolute atomic E-state index is 0. The van der Waals surface area contributed by atoms with Crippen molar-refractivity contribution in [1.29, 1.82) is 0 Å². The highest BCUT2D eigenvalue weighted by Crippen LogP contribution is 2.26. The van der Waals surface area contributed by atoms with Crippen LogP contribution in [0.15, 0.2) is 40.0 Å². The summed E-state index contributed by atoms with van der Waals surface area (Å²) in [6, 6.07) is 4.57. The second kappa shape index (κ2) is 9.20. The quantitative estimate of drug-likeness (QED) is 0.339. The number of hydrogen-bond donors (Lipinski definition) is 1. The van der Waals surface area contributed by atoms with Gasteiger partial charge in [-0.25, -0.2) is 9.38 Å². The van der Waals surface area contributed by atoms with Crippen LogP contribution in [0.25, 0.3) is 11.0 Å². The smallest absolute Gasteiger partial charge is 0.194 e. The van der Waals surface area contributed by atoms with Crippen molar-refractivity contribution in [3.8, 4) is 0 Å². The summed E-state index contributed by atoms with van der Waals surface area (Å²) in [5.74, 6) is 1.26. The molecule has 0 aliphatic rings. The molecule has 146 valence electrons. The number of hydrogen-bond acceptors (Lipinski definition) is 3. The topological polar surface area (TPSA) is 58.6 Å². The molecule has 0 radical (unpaired) electrons. The normalized spacial score (nSPS) is 11.5. The summed E-state index contributed by atoms with van der Waals surface area (Å²) in [4.78, 5) is 6.72. The Morgan fingerprint density at radius 3 is 2.85 bits per heavy atom. The number of nitrogens with zero attached hydrogens (tertiary/aromatic N) is 4. The number of benzene rings is 1. The fraction of sp³-hybridized carbons (Fsp3) is 0.368. The first-order valence-electron chi connectivity index (χ1n) is 8.62. The molecule has 3 rings (SSSR count). The molecular weight excluding hydrogens is 460 g/mol. The van der Waals surface area contributed by atoms with Gasteiger partial charge in [-0.15, -0.1) is 24.0 Å². The Morgan fingerprint density at radius 1 is 1.41 bits per heavy atom. The van der Waals surface area contributed by atoms with Crippen LogP contribution in [-0.4, -0.2) is 34.2 Å². The summed E-state index contributed by atoms with van der Waals surface area (Å²) >= 11 is 0. The number of fused-ring (bicyclic) bond motifs is 1. The van der Waals surface area contributed by atoms with Gasteiger partial charge in [0.05, 0.1) is 6.20 Å². The van der Waals surface area contributed by atoms with E-state index in [1.807, 2.05) is 45.2 Å². The highest BCUT2D eigenvalue weighted by molar-refractivity contribution is 14.0. The lowest BCUT2D eigenvalue weighted by Crippen LogP contribution is -2.38. The van der Waals surface area contributed by atoms with Gasteiger partial charge in [-0.2, -0.15) is 5.10 Å². The Labute approximate surface area is 175 Å². The Balaban J connectivity index is 0.00000261. The molecule has 27 heavy (non-hydrogen) atoms. The SMILES string of the molecule is CCNC(=NCc1oc2ccc(F)cc2c1C)N(C)Cc1cnn(C)c1.I. The second-order valence-corrected chi connectivity index (χ2v) is 6.34. The molecule has 3 aromatic rings. The predicted molar refractivity (Wildman–Crippen MR) is 116 cm³/mol. The van der Waals surface area contributed by atoms with Crippen molar-refractivity contribution < 1.29 is 8.81 Å². The van der Waals surface area contributed by atoms with Gasteiger partial charge in [0.2, 0.25) is 0 Å². The fourth-order valence-electron chi connectivity index (χ4n) is 2.91. The first-order valence-corrected chi connectivity index (χ1v) is 8.62. The molecule has 0 bridgehead atoms. The summed E-state index contributed by atoms with van der Waals surface area (Å²) in [6.45, 7) is 5.82. The van der Waals surface area contributed by atoms with E-state index in [0.29, 0.717) is 18.7 Å². The zero-order valence-corrected chi connectivity index (χ0v) is 18.3. The van der Waals surface area contributed by atoms with Crippen LogP contribution in [0.5, 0.6) is 0 Å². The molecule has 2 heterocycles. The Kier molecular flexibility index (Phi) is 7.23. The molecule has 1 aromatic carbocycles. The van der Waals surface area contributed by atoms with Gasteiger partial charge in [-0.05, 0) is 32.0 Å². The summed E-state index contributed by atoms with van der Waals surface area (Å²) in [5, 5.41) is 8.28. The summed E-state index contributed by atoms with van der Waals surface area (Å²) in [6.07, 6.45) is 3.83. The largest absolute Gasteiger partial charge is 0.459 e. The minimum atomic E-state index is -0.263. The highest BCUT2D eigenvalue weighted by atomic mass is 127. The van der Waals surface area contributed by atoms with Crippen LogP contribution in [0.4, 0.5) is 4.39 Å². The Bertz CT molecular complexity index is 933. The van der Waals surface area contributed by atoms with Crippen LogP contribution in [0, 0.1) is 12.7 Å². The van der Waals surface area contributed by atoms with E-state index < -0.39 is 0 Å². The van der Waals surface area contributed by atoms with E-state index in [0.717, 1.165) is 34.8 Å². The standard InChI is InChI=1S/C19H24FN5O.HI/c1-5-21-19(24(3)11-14-9-23-25(4)12-14)22-10-18-13(2)16-8-15(20)6-7-17(16)26-18;/h6-9,12H,5,10-11H2,1-4H3,(H,21,22);1H. The number of furan rings is 1. The lowest BCUT2D eigenvalue weighted by atomic mass is 10.1. The summed E-state index contributed by atoms with van der Waals surface area (Å²) in [5.41, 5.74) is 2.72. The maximum atomic E-state index is 13.5. The second-order valence-electron chi connectivity index (χ2n) is 6.34. The first-order chi connectivity index (χ1) is 12.5. The molecule has 0 saturated carbocycles. The van der Waals surface area contributed by atoms with Crippen molar-refractivity contribution >= 4 is 40.9 Å². The van der Waals surface area contributed by atoms with Crippen molar-refractivity contribution in [1.82, 2.24) is 20.0 Å². The first kappa shape index (κ1) is 21.2. The van der Waals surface area contributed by atoms with E-state index in [4.69, 9.17) is 4.42 Å².